The molecular weight excluding hydrogens is 420 g/mol. The van der Waals surface area contributed by atoms with Crippen LogP contribution in [0.1, 0.15) is 28.9 Å². The number of carbonyl (C=O) groups is 1. The molecule has 1 spiro atoms. The van der Waals surface area contributed by atoms with Crippen LogP contribution in [0.2, 0.25) is 5.02 Å². The lowest BCUT2D eigenvalue weighted by atomic mass is 9.96. The minimum atomic E-state index is -2.43. The molecule has 0 radical (unpaired) electrons. The topological polar surface area (TPSA) is 118 Å². The molecule has 4 N–H and O–H groups in total. The third-order valence-electron chi connectivity index (χ3n) is 5.53. The smallest absolute Gasteiger partial charge is 0.276 e. The van der Waals surface area contributed by atoms with E-state index < -0.39 is 17.6 Å². The van der Waals surface area contributed by atoms with Crippen LogP contribution in [0.5, 0.6) is 0 Å². The first kappa shape index (κ1) is 20.5. The summed E-state index contributed by atoms with van der Waals surface area (Å²) in [6.45, 7) is 2.06. The molecule has 9 nitrogen and oxygen atoms in total. The number of nitrogens with zero attached hydrogens (tertiary/aromatic N) is 4. The average Bonchev–Trinajstić information content (AvgIpc) is 2.97. The van der Waals surface area contributed by atoms with Gasteiger partial charge in [0.2, 0.25) is 0 Å². The Morgan fingerprint density at radius 3 is 2.70 bits per heavy atom. The van der Waals surface area contributed by atoms with Crippen LogP contribution in [0.4, 0.5) is 26.1 Å². The Hall–Kier alpha value is -2.79. The van der Waals surface area contributed by atoms with E-state index in [-0.39, 0.29) is 40.5 Å². The van der Waals surface area contributed by atoms with E-state index in [9.17, 15) is 18.4 Å². The predicted molar refractivity (Wildman–Crippen MR) is 107 cm³/mol. The van der Waals surface area contributed by atoms with Gasteiger partial charge in [-0.25, -0.2) is 18.7 Å². The number of pyridine rings is 1. The molecule has 1 saturated heterocycles. The fourth-order valence-corrected chi connectivity index (χ4v) is 4.24. The van der Waals surface area contributed by atoms with Crippen molar-refractivity contribution >= 4 is 34.8 Å². The Balaban J connectivity index is 1.73. The van der Waals surface area contributed by atoms with Crippen molar-refractivity contribution in [3.63, 3.8) is 0 Å². The maximum Gasteiger partial charge on any atom is 0.276 e. The van der Waals surface area contributed by atoms with Gasteiger partial charge in [0.25, 0.3) is 17.9 Å². The first-order chi connectivity index (χ1) is 14.2. The second-order valence-corrected chi connectivity index (χ2v) is 7.83. The molecule has 12 heteroatoms. The number of carbonyl (C=O) groups excluding carboxylic acids is 1. The van der Waals surface area contributed by atoms with Crippen LogP contribution in [0, 0.1) is 6.92 Å². The summed E-state index contributed by atoms with van der Waals surface area (Å²) in [6, 6.07) is 1.55. The van der Waals surface area contributed by atoms with Crippen LogP contribution in [0.15, 0.2) is 17.2 Å². The van der Waals surface area contributed by atoms with Crippen molar-refractivity contribution in [2.24, 2.45) is 0 Å². The number of nitrogen functional groups attached to an aromatic ring is 1. The molecule has 1 fully saturated rings. The average molecular weight is 440 g/mol. The molecule has 4 heterocycles. The molecule has 0 unspecified atom stereocenters. The molecule has 0 bridgehead atoms. The SMILES string of the molecule is Cc1cc(Nc2ncnc(N)c2Cl)c(=O)n2c1C(=O)NC21CCN(CC(F)F)CC1. The molecule has 2 aromatic heterocycles. The molecule has 0 atom stereocenters. The first-order valence-corrected chi connectivity index (χ1v) is 9.73. The van der Waals surface area contributed by atoms with Crippen molar-refractivity contribution in [1.29, 1.82) is 0 Å². The van der Waals surface area contributed by atoms with E-state index in [0.29, 0.717) is 31.5 Å². The third-order valence-corrected chi connectivity index (χ3v) is 5.90. The third kappa shape index (κ3) is 3.37. The Morgan fingerprint density at radius 1 is 1.33 bits per heavy atom. The highest BCUT2D eigenvalue weighted by Gasteiger charge is 2.46. The molecule has 0 aliphatic carbocycles. The number of anilines is 3. The van der Waals surface area contributed by atoms with Gasteiger partial charge in [0.15, 0.2) is 5.82 Å². The van der Waals surface area contributed by atoms with E-state index in [1.165, 1.54) is 10.9 Å². The van der Waals surface area contributed by atoms with Crippen molar-refractivity contribution in [2.75, 3.05) is 30.7 Å². The number of fused-ring (bicyclic) bond motifs is 2. The summed E-state index contributed by atoms with van der Waals surface area (Å²) in [5, 5.41) is 5.86. The minimum Gasteiger partial charge on any atom is -0.382 e. The van der Waals surface area contributed by atoms with Gasteiger partial charge in [0, 0.05) is 25.9 Å². The summed E-state index contributed by atoms with van der Waals surface area (Å²) in [7, 11) is 0. The summed E-state index contributed by atoms with van der Waals surface area (Å²) in [6.07, 6.45) is -0.548. The number of alkyl halides is 2. The summed E-state index contributed by atoms with van der Waals surface area (Å²) in [5.41, 5.74) is 5.31. The number of nitrogens with two attached hydrogens (primary N) is 1. The Morgan fingerprint density at radius 2 is 2.03 bits per heavy atom. The minimum absolute atomic E-state index is 0.0619. The number of hydrogen-bond acceptors (Lipinski definition) is 7. The number of aromatic nitrogens is 3. The monoisotopic (exact) mass is 439 g/mol. The number of hydrogen-bond donors (Lipinski definition) is 3. The van der Waals surface area contributed by atoms with Gasteiger partial charge < -0.3 is 16.4 Å². The second kappa shape index (κ2) is 7.47. The van der Waals surface area contributed by atoms with Gasteiger partial charge in [0.05, 0.1) is 6.54 Å². The van der Waals surface area contributed by atoms with Crippen LogP contribution in [0.3, 0.4) is 0 Å². The van der Waals surface area contributed by atoms with Gasteiger partial charge in [-0.15, -0.1) is 0 Å². The quantitative estimate of drug-likeness (QED) is 0.663. The highest BCUT2D eigenvalue weighted by Crippen LogP contribution is 2.35. The lowest BCUT2D eigenvalue weighted by molar-refractivity contribution is 0.0391. The van der Waals surface area contributed by atoms with Crippen LogP contribution >= 0.6 is 11.6 Å². The Labute approximate surface area is 175 Å². The van der Waals surface area contributed by atoms with E-state index in [2.05, 4.69) is 20.6 Å². The van der Waals surface area contributed by atoms with Crippen molar-refractivity contribution in [1.82, 2.24) is 24.8 Å². The van der Waals surface area contributed by atoms with E-state index in [0.717, 1.165) is 0 Å². The molecule has 1 amide bonds. The van der Waals surface area contributed by atoms with E-state index >= 15 is 0 Å². The fourth-order valence-electron chi connectivity index (χ4n) is 4.10. The first-order valence-electron chi connectivity index (χ1n) is 9.35. The Bertz CT molecular complexity index is 1070. The van der Waals surface area contributed by atoms with E-state index in [4.69, 9.17) is 17.3 Å². The number of nitrogens with one attached hydrogen (secondary N) is 2. The van der Waals surface area contributed by atoms with Crippen LogP contribution in [0.25, 0.3) is 0 Å². The number of amides is 1. The number of piperidine rings is 1. The fraction of sp³-hybridized carbons (Fsp3) is 0.444. The molecule has 30 heavy (non-hydrogen) atoms. The molecule has 0 aromatic carbocycles. The van der Waals surface area contributed by atoms with Gasteiger partial charge in [-0.2, -0.15) is 0 Å². The molecule has 160 valence electrons. The van der Waals surface area contributed by atoms with Crippen LogP contribution in [-0.2, 0) is 5.66 Å². The maximum absolute atomic E-state index is 13.3. The maximum atomic E-state index is 13.3. The van der Waals surface area contributed by atoms with Gasteiger partial charge >= 0.3 is 0 Å². The van der Waals surface area contributed by atoms with Gasteiger partial charge in [-0.3, -0.25) is 19.1 Å². The number of rotatable bonds is 4. The summed E-state index contributed by atoms with van der Waals surface area (Å²) >= 11 is 6.12. The van der Waals surface area contributed by atoms with Gasteiger partial charge in [-0.1, -0.05) is 11.6 Å². The van der Waals surface area contributed by atoms with Crippen molar-refractivity contribution in [3.05, 3.63) is 39.0 Å². The number of halogens is 3. The molecular formula is C18H20ClF2N7O2. The lowest BCUT2D eigenvalue weighted by Gasteiger charge is -2.40. The van der Waals surface area contributed by atoms with Crippen LogP contribution in [-0.4, -0.2) is 51.4 Å². The van der Waals surface area contributed by atoms with Gasteiger partial charge in [-0.05, 0) is 18.6 Å². The Kier molecular flexibility index (Phi) is 5.10. The zero-order chi connectivity index (χ0) is 21.6. The molecule has 2 aliphatic rings. The van der Waals surface area contributed by atoms with Gasteiger partial charge in [0.1, 0.15) is 34.2 Å². The molecule has 0 saturated carbocycles. The highest BCUT2D eigenvalue weighted by molar-refractivity contribution is 6.35. The second-order valence-electron chi connectivity index (χ2n) is 7.45. The largest absolute Gasteiger partial charge is 0.382 e. The number of aryl methyl sites for hydroxylation is 1. The molecule has 2 aliphatic heterocycles. The lowest BCUT2D eigenvalue weighted by Crippen LogP contribution is -2.55. The standard InChI is InChI=1S/C18H20ClF2N7O2/c1-9-6-10(25-15-12(19)14(22)23-8-24-15)17(30)28-13(9)16(29)26-18(28)2-4-27(5-3-18)7-11(20)21/h6,8,11H,2-5,7H2,1H3,(H,26,29)(H3,22,23,24,25). The van der Waals surface area contributed by atoms with E-state index in [1.807, 2.05) is 0 Å². The normalized spacial score (nSPS) is 18.0. The zero-order valence-corrected chi connectivity index (χ0v) is 16.8. The van der Waals surface area contributed by atoms with Crippen molar-refractivity contribution in [2.45, 2.75) is 31.9 Å². The van der Waals surface area contributed by atoms with Crippen molar-refractivity contribution < 1.29 is 13.6 Å². The molecule has 4 rings (SSSR count). The summed E-state index contributed by atoms with van der Waals surface area (Å²) in [5.74, 6) is -0.131. The van der Waals surface area contributed by atoms with Crippen molar-refractivity contribution in [3.8, 4) is 0 Å². The molecule has 2 aromatic rings. The summed E-state index contributed by atoms with van der Waals surface area (Å²) in [4.78, 5) is 35.4. The van der Waals surface area contributed by atoms with Crippen LogP contribution < -0.4 is 21.9 Å². The zero-order valence-electron chi connectivity index (χ0n) is 16.1. The summed E-state index contributed by atoms with van der Waals surface area (Å²) < 4.78 is 26.9. The van der Waals surface area contributed by atoms with E-state index in [1.54, 1.807) is 17.9 Å². The predicted octanol–water partition coefficient (Wildman–Crippen LogP) is 1.68. The number of likely N-dealkylation sites (tertiary alicyclic amines) is 1. The highest BCUT2D eigenvalue weighted by atomic mass is 35.5.